The van der Waals surface area contributed by atoms with E-state index in [1.807, 2.05) is 0 Å². The summed E-state index contributed by atoms with van der Waals surface area (Å²) in [6.07, 6.45) is -9.95. The largest absolute Gasteiger partial charge is 0.479 e. The van der Waals surface area contributed by atoms with Crippen molar-refractivity contribution in [3.63, 3.8) is 0 Å². The number of H-pyrrole nitrogens is 1. The summed E-state index contributed by atoms with van der Waals surface area (Å²) in [6, 6.07) is 0. The van der Waals surface area contributed by atoms with Crippen molar-refractivity contribution in [3.8, 4) is 0 Å². The number of ether oxygens (including phenoxy) is 2. The third-order valence-electron chi connectivity index (χ3n) is 7.68. The smallest absolute Gasteiger partial charge is 0.387 e. The van der Waals surface area contributed by atoms with Crippen molar-refractivity contribution >= 4 is 64.9 Å². The molecule has 0 radical (unpaired) electrons. The van der Waals surface area contributed by atoms with Crippen LogP contribution < -0.4 is 17.0 Å². The summed E-state index contributed by atoms with van der Waals surface area (Å²) in [6.45, 7) is -2.18. The van der Waals surface area contributed by atoms with E-state index in [9.17, 15) is 63.1 Å². The Hall–Kier alpha value is -3.14. The molecule has 6 heterocycles. The van der Waals surface area contributed by atoms with Crippen molar-refractivity contribution in [1.29, 1.82) is 0 Å². The monoisotopic (exact) mass is 850 g/mol. The van der Waals surface area contributed by atoms with Crippen molar-refractivity contribution in [2.45, 2.75) is 49.1 Å². The number of anilines is 2. The fraction of sp³-hybridized carbons (Fsp3) is 0.524. The van der Waals surface area contributed by atoms with Crippen molar-refractivity contribution in [2.24, 2.45) is 0 Å². The number of fused-ring (bicyclic) bond motifs is 2. The van der Waals surface area contributed by atoms with Crippen LogP contribution in [0.5, 0.6) is 0 Å². The summed E-state index contributed by atoms with van der Waals surface area (Å²) in [5.74, 6) is -2.40. The van der Waals surface area contributed by atoms with E-state index in [4.69, 9.17) is 20.9 Å². The average molecular weight is 850 g/mol. The zero-order valence-corrected chi connectivity index (χ0v) is 30.2. The number of aromatic nitrogens is 8. The highest BCUT2D eigenvalue weighted by molar-refractivity contribution is 7.76. The van der Waals surface area contributed by atoms with Crippen LogP contribution in [0.1, 0.15) is 12.5 Å². The number of phosphoric ester groups is 2. The fourth-order valence-corrected chi connectivity index (χ4v) is 12.1. The van der Waals surface area contributed by atoms with Crippen LogP contribution in [0.3, 0.4) is 0 Å². The first kappa shape index (κ1) is 40.5. The second-order valence-electron chi connectivity index (χ2n) is 11.6. The third kappa shape index (κ3) is 8.48. The van der Waals surface area contributed by atoms with Gasteiger partial charge in [0.05, 0.1) is 25.9 Å². The molecule has 0 aliphatic carbocycles. The fourth-order valence-electron chi connectivity index (χ4n) is 5.36. The van der Waals surface area contributed by atoms with Crippen LogP contribution in [0.4, 0.5) is 11.8 Å². The number of aromatic amines is 1. The maximum atomic E-state index is 12.6. The molecule has 33 heteroatoms. The Balaban J connectivity index is 1.02. The molecule has 298 valence electrons. The van der Waals surface area contributed by atoms with Gasteiger partial charge in [0, 0.05) is 0 Å². The Bertz CT molecular complexity index is 2310. The molecular weight excluding hydrogens is 820 g/mol. The van der Waals surface area contributed by atoms with Crippen LogP contribution in [0.15, 0.2) is 23.8 Å². The van der Waals surface area contributed by atoms with E-state index in [0.29, 0.717) is 0 Å². The number of rotatable bonds is 14. The number of phosphoric acid groups is 2. The Morgan fingerprint density at radius 3 is 1.72 bits per heavy atom. The number of nitrogens with zero attached hydrogens (tertiary/aromatic N) is 7. The van der Waals surface area contributed by atoms with Crippen LogP contribution in [0.2, 0.25) is 0 Å². The van der Waals surface area contributed by atoms with E-state index < -0.39 is 105 Å². The van der Waals surface area contributed by atoms with E-state index in [1.165, 1.54) is 4.57 Å². The molecule has 0 amide bonds. The first-order valence-electron chi connectivity index (χ1n) is 14.8. The van der Waals surface area contributed by atoms with Gasteiger partial charge in [0.1, 0.15) is 48.5 Å². The maximum Gasteiger partial charge on any atom is 0.479 e. The van der Waals surface area contributed by atoms with Gasteiger partial charge in [0.25, 0.3) is 5.56 Å². The Kier molecular flexibility index (Phi) is 11.1. The molecule has 0 aromatic carbocycles. The summed E-state index contributed by atoms with van der Waals surface area (Å²) in [7, 11) is -22.8. The SMILES string of the molecule is Nc1nc2c(ncn2C2OC(COP(=O)(O)OP(=O)(O)CP(=O)(O)OP(=O)(O)OCC3OC(n4cnc5c(N)ncnc54)C(O)C3O)C(O)C2O)c(=O)[nH]1. The minimum absolute atomic E-state index is 0.00900. The number of aliphatic hydroxyl groups is 4. The lowest BCUT2D eigenvalue weighted by atomic mass is 10.1. The van der Waals surface area contributed by atoms with Crippen LogP contribution in [0, 0.1) is 0 Å². The maximum absolute atomic E-state index is 12.6. The minimum Gasteiger partial charge on any atom is -0.387 e. The molecule has 12 unspecified atom stereocenters. The lowest BCUT2D eigenvalue weighted by Gasteiger charge is -2.22. The highest BCUT2D eigenvalue weighted by Crippen LogP contribution is 2.70. The topological polar surface area (TPSA) is 445 Å². The second-order valence-corrected chi connectivity index (χ2v) is 18.9. The first-order chi connectivity index (χ1) is 25.1. The zero-order valence-electron chi connectivity index (χ0n) is 26.6. The van der Waals surface area contributed by atoms with Gasteiger partial charge < -0.3 is 60.9 Å². The standard InChI is InChI=1S/C21H30N10O19P4/c22-15-9-16(25-3-24-15)30(4-26-9)19-13(34)11(32)7(47-19)1-45-53(41,42)49-51(37,38)6-52(39,40)50-54(43,44)46-2-8-12(33)14(35)20(48-8)31-5-27-10-17(31)28-21(23)29-18(10)36/h3-5,7-8,11-14,19-20,32-35H,1-2,6H2,(H,37,38)(H,39,40)(H,41,42)(H,43,44)(H2,22,24,25)(H3,23,28,29,36). The van der Waals surface area contributed by atoms with Gasteiger partial charge in [-0.3, -0.25) is 37.1 Å². The molecule has 54 heavy (non-hydrogen) atoms. The molecule has 0 spiro atoms. The van der Waals surface area contributed by atoms with Gasteiger partial charge in [-0.2, -0.15) is 4.98 Å². The van der Waals surface area contributed by atoms with Gasteiger partial charge in [-0.15, -0.1) is 0 Å². The molecular formula is C21H30N10O19P4. The summed E-state index contributed by atoms with van der Waals surface area (Å²) < 4.78 is 80.7. The van der Waals surface area contributed by atoms with E-state index in [-0.39, 0.29) is 34.1 Å². The predicted molar refractivity (Wildman–Crippen MR) is 172 cm³/mol. The number of hydrogen-bond acceptors (Lipinski definition) is 22. The Labute approximate surface area is 298 Å². The van der Waals surface area contributed by atoms with Crippen LogP contribution in [-0.2, 0) is 45.4 Å². The van der Waals surface area contributed by atoms with Crippen molar-refractivity contribution in [3.05, 3.63) is 29.3 Å². The van der Waals surface area contributed by atoms with Gasteiger partial charge in [0.2, 0.25) is 5.95 Å². The Morgan fingerprint density at radius 2 is 1.20 bits per heavy atom. The average Bonchev–Trinajstić information content (AvgIpc) is 3.79. The summed E-state index contributed by atoms with van der Waals surface area (Å²) in [5, 5.41) is 41.9. The van der Waals surface area contributed by atoms with Crippen LogP contribution in [-0.4, -0.2) is 135 Å². The quantitative estimate of drug-likeness (QED) is 0.0562. The van der Waals surface area contributed by atoms with Gasteiger partial charge in [0.15, 0.2) is 41.0 Å². The molecule has 29 nitrogen and oxygen atoms in total. The van der Waals surface area contributed by atoms with Gasteiger partial charge in [-0.05, 0) is 0 Å². The molecule has 2 aliphatic rings. The molecule has 13 N–H and O–H groups in total. The molecule has 2 aliphatic heterocycles. The van der Waals surface area contributed by atoms with E-state index in [1.54, 1.807) is 0 Å². The first-order valence-corrected chi connectivity index (χ1v) is 21.3. The summed E-state index contributed by atoms with van der Waals surface area (Å²) in [4.78, 5) is 73.9. The molecule has 4 aromatic heterocycles. The third-order valence-corrected chi connectivity index (χ3v) is 15.2. The highest BCUT2D eigenvalue weighted by atomic mass is 31.3. The lowest BCUT2D eigenvalue weighted by Crippen LogP contribution is -2.33. The van der Waals surface area contributed by atoms with E-state index in [2.05, 4.69) is 47.6 Å². The normalized spacial score (nSPS) is 30.6. The van der Waals surface area contributed by atoms with Gasteiger partial charge in [-0.25, -0.2) is 37.7 Å². The predicted octanol–water partition coefficient (Wildman–Crippen LogP) is -3.04. The number of imidazole rings is 2. The molecule has 2 saturated heterocycles. The number of nitrogens with one attached hydrogen (secondary N) is 1. The minimum atomic E-state index is -5.72. The lowest BCUT2D eigenvalue weighted by molar-refractivity contribution is -0.0502. The Morgan fingerprint density at radius 1 is 0.722 bits per heavy atom. The number of hydrogen-bond donors (Lipinski definition) is 11. The van der Waals surface area contributed by atoms with E-state index >= 15 is 0 Å². The van der Waals surface area contributed by atoms with Crippen molar-refractivity contribution in [1.82, 2.24) is 39.0 Å². The second kappa shape index (κ2) is 14.7. The van der Waals surface area contributed by atoms with Crippen LogP contribution in [0.25, 0.3) is 22.3 Å². The summed E-state index contributed by atoms with van der Waals surface area (Å²) in [5.41, 5.74) is 10.4. The molecule has 0 saturated carbocycles. The van der Waals surface area contributed by atoms with Crippen LogP contribution >= 0.6 is 30.8 Å². The highest BCUT2D eigenvalue weighted by Gasteiger charge is 2.49. The van der Waals surface area contributed by atoms with Gasteiger partial charge >= 0.3 is 30.8 Å². The van der Waals surface area contributed by atoms with Crippen molar-refractivity contribution in [2.75, 3.05) is 30.6 Å². The number of nitrogen functional groups attached to an aromatic ring is 2. The zero-order chi connectivity index (χ0) is 39.5. The summed E-state index contributed by atoms with van der Waals surface area (Å²) >= 11 is 0. The molecule has 4 aromatic rings. The number of nitrogens with two attached hydrogens (primary N) is 2. The molecule has 2 fully saturated rings. The number of aliphatic hydroxyl groups excluding tert-OH is 4. The molecule has 0 bridgehead atoms. The van der Waals surface area contributed by atoms with E-state index in [0.717, 1.165) is 23.5 Å². The van der Waals surface area contributed by atoms with Gasteiger partial charge in [-0.1, -0.05) is 0 Å². The molecule has 12 atom stereocenters. The molecule has 6 rings (SSSR count). The van der Waals surface area contributed by atoms with Crippen molar-refractivity contribution < 1.29 is 85.4 Å².